The van der Waals surface area contributed by atoms with Gasteiger partial charge in [-0.25, -0.2) is 4.68 Å². The molecule has 0 aliphatic carbocycles. The summed E-state index contributed by atoms with van der Waals surface area (Å²) < 4.78 is 1.70. The first-order valence-corrected chi connectivity index (χ1v) is 3.57. The lowest BCUT2D eigenvalue weighted by Crippen LogP contribution is -1.89. The molecular formula is C9H7N3. The number of rotatable bonds is 0. The van der Waals surface area contributed by atoms with Gasteiger partial charge in [0.05, 0.1) is 5.52 Å². The van der Waals surface area contributed by atoms with Crippen LogP contribution in [0, 0.1) is 12.3 Å². The van der Waals surface area contributed by atoms with Crippen LogP contribution in [0.1, 0.15) is 5.56 Å². The molecule has 0 saturated heterocycles. The minimum Gasteiger partial charge on any atom is -0.248 e. The molecule has 1 aromatic carbocycles. The van der Waals surface area contributed by atoms with Crippen molar-refractivity contribution >= 4 is 11.0 Å². The Morgan fingerprint density at radius 3 is 3.08 bits per heavy atom. The maximum Gasteiger partial charge on any atom is 0.113 e. The van der Waals surface area contributed by atoms with Crippen LogP contribution in [0.15, 0.2) is 18.2 Å². The summed E-state index contributed by atoms with van der Waals surface area (Å²) in [4.78, 5) is 0. The smallest absolute Gasteiger partial charge is 0.113 e. The largest absolute Gasteiger partial charge is 0.248 e. The van der Waals surface area contributed by atoms with Crippen molar-refractivity contribution in [2.45, 2.75) is 0 Å². The van der Waals surface area contributed by atoms with E-state index in [0.29, 0.717) is 0 Å². The second kappa shape index (κ2) is 2.35. The van der Waals surface area contributed by atoms with Crippen molar-refractivity contribution in [1.82, 2.24) is 15.0 Å². The fraction of sp³-hybridized carbons (Fsp3) is 0.111. The van der Waals surface area contributed by atoms with Gasteiger partial charge in [-0.15, -0.1) is 11.5 Å². The molecule has 2 aromatic rings. The SMILES string of the molecule is C#Cc1ccc2nnn(C)c2c1. The van der Waals surface area contributed by atoms with Gasteiger partial charge >= 0.3 is 0 Å². The molecule has 0 aliphatic heterocycles. The van der Waals surface area contributed by atoms with Gasteiger partial charge < -0.3 is 0 Å². The first kappa shape index (κ1) is 6.86. The van der Waals surface area contributed by atoms with Gasteiger partial charge in [0.15, 0.2) is 0 Å². The number of terminal acetylenes is 1. The first-order valence-electron chi connectivity index (χ1n) is 3.57. The van der Waals surface area contributed by atoms with Crippen LogP contribution in [0.25, 0.3) is 11.0 Å². The van der Waals surface area contributed by atoms with Gasteiger partial charge in [-0.05, 0) is 18.2 Å². The summed E-state index contributed by atoms with van der Waals surface area (Å²) >= 11 is 0. The molecule has 0 unspecified atom stereocenters. The van der Waals surface area contributed by atoms with Crippen LogP contribution in [0.5, 0.6) is 0 Å². The van der Waals surface area contributed by atoms with E-state index in [-0.39, 0.29) is 0 Å². The maximum absolute atomic E-state index is 5.26. The van der Waals surface area contributed by atoms with Crippen LogP contribution in [-0.2, 0) is 7.05 Å². The molecule has 0 aliphatic rings. The summed E-state index contributed by atoms with van der Waals surface area (Å²) in [6, 6.07) is 5.63. The van der Waals surface area contributed by atoms with Gasteiger partial charge in [-0.3, -0.25) is 0 Å². The molecule has 3 nitrogen and oxygen atoms in total. The summed E-state index contributed by atoms with van der Waals surface area (Å²) in [6.07, 6.45) is 5.26. The van der Waals surface area contributed by atoms with Crippen molar-refractivity contribution < 1.29 is 0 Å². The molecule has 0 saturated carbocycles. The quantitative estimate of drug-likeness (QED) is 0.533. The Kier molecular flexibility index (Phi) is 1.34. The highest BCUT2D eigenvalue weighted by Crippen LogP contribution is 2.11. The molecule has 0 fully saturated rings. The first-order chi connectivity index (χ1) is 5.81. The van der Waals surface area contributed by atoms with Gasteiger partial charge in [0, 0.05) is 12.6 Å². The van der Waals surface area contributed by atoms with Crippen molar-refractivity contribution in [1.29, 1.82) is 0 Å². The summed E-state index contributed by atoms with van der Waals surface area (Å²) in [5.41, 5.74) is 2.69. The fourth-order valence-corrected chi connectivity index (χ4v) is 1.12. The number of hydrogen-bond donors (Lipinski definition) is 0. The Morgan fingerprint density at radius 1 is 1.50 bits per heavy atom. The van der Waals surface area contributed by atoms with E-state index in [1.54, 1.807) is 4.68 Å². The average Bonchev–Trinajstić information content (AvgIpc) is 2.47. The zero-order valence-electron chi connectivity index (χ0n) is 6.65. The average molecular weight is 157 g/mol. The molecule has 12 heavy (non-hydrogen) atoms. The Labute approximate surface area is 70.0 Å². The molecule has 0 atom stereocenters. The standard InChI is InChI=1S/C9H7N3/c1-3-7-4-5-8-9(6-7)12(2)11-10-8/h1,4-6H,2H3. The Bertz CT molecular complexity index is 462. The van der Waals surface area contributed by atoms with E-state index >= 15 is 0 Å². The molecule has 0 spiro atoms. The molecule has 0 amide bonds. The van der Waals surface area contributed by atoms with Crippen molar-refractivity contribution in [3.05, 3.63) is 23.8 Å². The number of fused-ring (bicyclic) bond motifs is 1. The van der Waals surface area contributed by atoms with E-state index in [0.717, 1.165) is 16.6 Å². The zero-order chi connectivity index (χ0) is 8.55. The lowest BCUT2D eigenvalue weighted by atomic mass is 10.2. The second-order valence-corrected chi connectivity index (χ2v) is 2.56. The number of aromatic nitrogens is 3. The summed E-state index contributed by atoms with van der Waals surface area (Å²) in [7, 11) is 1.84. The predicted molar refractivity (Wildman–Crippen MR) is 46.4 cm³/mol. The van der Waals surface area contributed by atoms with E-state index in [2.05, 4.69) is 16.2 Å². The number of aryl methyl sites for hydroxylation is 1. The van der Waals surface area contributed by atoms with E-state index < -0.39 is 0 Å². The van der Waals surface area contributed by atoms with Crippen LogP contribution in [0.2, 0.25) is 0 Å². The predicted octanol–water partition coefficient (Wildman–Crippen LogP) is 0.950. The molecular weight excluding hydrogens is 150 g/mol. The fourth-order valence-electron chi connectivity index (χ4n) is 1.12. The van der Waals surface area contributed by atoms with Gasteiger partial charge in [-0.2, -0.15) is 0 Å². The molecule has 0 N–H and O–H groups in total. The lowest BCUT2D eigenvalue weighted by Gasteiger charge is -1.92. The summed E-state index contributed by atoms with van der Waals surface area (Å²) in [5.74, 6) is 2.57. The minimum absolute atomic E-state index is 0.855. The third-order valence-electron chi connectivity index (χ3n) is 1.78. The van der Waals surface area contributed by atoms with Gasteiger partial charge in [0.2, 0.25) is 0 Å². The molecule has 0 radical (unpaired) electrons. The molecule has 0 bridgehead atoms. The summed E-state index contributed by atoms with van der Waals surface area (Å²) in [6.45, 7) is 0. The minimum atomic E-state index is 0.855. The van der Waals surface area contributed by atoms with E-state index in [1.165, 1.54) is 0 Å². The Balaban J connectivity index is 2.82. The van der Waals surface area contributed by atoms with E-state index in [9.17, 15) is 0 Å². The van der Waals surface area contributed by atoms with E-state index in [1.807, 2.05) is 25.2 Å². The second-order valence-electron chi connectivity index (χ2n) is 2.56. The molecule has 2 rings (SSSR count). The maximum atomic E-state index is 5.26. The molecule has 1 aromatic heterocycles. The molecule has 58 valence electrons. The number of hydrogen-bond acceptors (Lipinski definition) is 2. The Hall–Kier alpha value is -1.82. The van der Waals surface area contributed by atoms with Crippen LogP contribution >= 0.6 is 0 Å². The monoisotopic (exact) mass is 157 g/mol. The highest BCUT2D eigenvalue weighted by molar-refractivity contribution is 5.75. The third kappa shape index (κ3) is 0.857. The lowest BCUT2D eigenvalue weighted by molar-refractivity contribution is 0.736. The number of benzene rings is 1. The van der Waals surface area contributed by atoms with Crippen LogP contribution in [0.3, 0.4) is 0 Å². The van der Waals surface area contributed by atoms with Gasteiger partial charge in [-0.1, -0.05) is 11.1 Å². The molecule has 3 heteroatoms. The van der Waals surface area contributed by atoms with Crippen LogP contribution in [-0.4, -0.2) is 15.0 Å². The van der Waals surface area contributed by atoms with E-state index in [4.69, 9.17) is 6.42 Å². The normalized spacial score (nSPS) is 10.0. The van der Waals surface area contributed by atoms with Crippen molar-refractivity contribution in [3.63, 3.8) is 0 Å². The van der Waals surface area contributed by atoms with Crippen LogP contribution < -0.4 is 0 Å². The van der Waals surface area contributed by atoms with Crippen molar-refractivity contribution in [3.8, 4) is 12.3 Å². The summed E-state index contributed by atoms with van der Waals surface area (Å²) in [5, 5.41) is 7.81. The van der Waals surface area contributed by atoms with Crippen LogP contribution in [0.4, 0.5) is 0 Å². The van der Waals surface area contributed by atoms with Crippen molar-refractivity contribution in [2.24, 2.45) is 7.05 Å². The van der Waals surface area contributed by atoms with Gasteiger partial charge in [0.25, 0.3) is 0 Å². The zero-order valence-corrected chi connectivity index (χ0v) is 6.65. The van der Waals surface area contributed by atoms with Gasteiger partial charge in [0.1, 0.15) is 5.52 Å². The highest BCUT2D eigenvalue weighted by atomic mass is 15.4. The molecule has 1 heterocycles. The number of nitrogens with zero attached hydrogens (tertiary/aromatic N) is 3. The highest BCUT2D eigenvalue weighted by Gasteiger charge is 1.99. The van der Waals surface area contributed by atoms with Crippen molar-refractivity contribution in [2.75, 3.05) is 0 Å². The topological polar surface area (TPSA) is 30.7 Å². The third-order valence-corrected chi connectivity index (χ3v) is 1.78. The Morgan fingerprint density at radius 2 is 2.33 bits per heavy atom.